The molecule has 0 amide bonds. The Morgan fingerprint density at radius 3 is 2.25 bits per heavy atom. The van der Waals surface area contributed by atoms with Gasteiger partial charge in [-0.05, 0) is 57.8 Å². The first kappa shape index (κ1) is 26.8. The van der Waals surface area contributed by atoms with Crippen LogP contribution in [0.15, 0.2) is 37.0 Å². The molecular weight excluding hydrogens is 404 g/mol. The van der Waals surface area contributed by atoms with E-state index in [0.29, 0.717) is 6.10 Å². The van der Waals surface area contributed by atoms with Gasteiger partial charge in [-0.2, -0.15) is 0 Å². The summed E-state index contributed by atoms with van der Waals surface area (Å²) in [5, 5.41) is 0. The SMILES string of the molecule is C=CCC/C=C\C=C/CCCCCCCC[C@H]1CC[C@H]([C@@H]2CC[C@@H](CC(=O)OC)OO2)O1. The zero-order chi connectivity index (χ0) is 22.9. The molecule has 0 aliphatic carbocycles. The first-order chi connectivity index (χ1) is 15.7. The van der Waals surface area contributed by atoms with E-state index in [4.69, 9.17) is 14.5 Å². The molecule has 0 aromatic rings. The van der Waals surface area contributed by atoms with Crippen LogP contribution in [-0.2, 0) is 24.0 Å². The monoisotopic (exact) mass is 448 g/mol. The molecule has 2 aliphatic heterocycles. The van der Waals surface area contributed by atoms with Gasteiger partial charge in [0.15, 0.2) is 0 Å². The number of hydrogen-bond donors (Lipinski definition) is 0. The van der Waals surface area contributed by atoms with Gasteiger partial charge < -0.3 is 9.47 Å². The molecule has 182 valence electrons. The number of hydrogen-bond acceptors (Lipinski definition) is 5. The zero-order valence-electron chi connectivity index (χ0n) is 20.1. The summed E-state index contributed by atoms with van der Waals surface area (Å²) in [5.41, 5.74) is 0. The Balaban J connectivity index is 1.41. The Labute approximate surface area is 195 Å². The summed E-state index contributed by atoms with van der Waals surface area (Å²) < 4.78 is 10.9. The second kappa shape index (κ2) is 17.1. The van der Waals surface area contributed by atoms with Crippen LogP contribution in [0.1, 0.15) is 96.3 Å². The van der Waals surface area contributed by atoms with Crippen LogP contribution in [0.5, 0.6) is 0 Å². The van der Waals surface area contributed by atoms with Crippen LogP contribution in [0.3, 0.4) is 0 Å². The highest BCUT2D eigenvalue weighted by Crippen LogP contribution is 2.32. The first-order valence-corrected chi connectivity index (χ1v) is 12.7. The van der Waals surface area contributed by atoms with Crippen molar-refractivity contribution in [3.63, 3.8) is 0 Å². The Morgan fingerprint density at radius 2 is 1.53 bits per heavy atom. The van der Waals surface area contributed by atoms with Crippen molar-refractivity contribution >= 4 is 5.97 Å². The van der Waals surface area contributed by atoms with Crippen LogP contribution >= 0.6 is 0 Å². The van der Waals surface area contributed by atoms with E-state index in [0.717, 1.165) is 44.9 Å². The quantitative estimate of drug-likeness (QED) is 0.0857. The Morgan fingerprint density at radius 1 is 0.844 bits per heavy atom. The molecule has 2 heterocycles. The summed E-state index contributed by atoms with van der Waals surface area (Å²) in [6, 6.07) is 0. The number of carbonyl (C=O) groups excluding carboxylic acids is 1. The summed E-state index contributed by atoms with van der Waals surface area (Å²) >= 11 is 0. The van der Waals surface area contributed by atoms with Crippen molar-refractivity contribution in [3.05, 3.63) is 37.0 Å². The first-order valence-electron chi connectivity index (χ1n) is 12.7. The average Bonchev–Trinajstić information content (AvgIpc) is 3.28. The lowest BCUT2D eigenvalue weighted by Gasteiger charge is -2.30. The van der Waals surface area contributed by atoms with Crippen molar-refractivity contribution in [1.82, 2.24) is 0 Å². The van der Waals surface area contributed by atoms with E-state index in [1.165, 1.54) is 52.1 Å². The fraction of sp³-hybridized carbons (Fsp3) is 0.741. The maximum Gasteiger partial charge on any atom is 0.308 e. The second-order valence-electron chi connectivity index (χ2n) is 9.01. The van der Waals surface area contributed by atoms with Gasteiger partial charge in [0.25, 0.3) is 0 Å². The van der Waals surface area contributed by atoms with Gasteiger partial charge in [-0.1, -0.05) is 62.5 Å². The lowest BCUT2D eigenvalue weighted by molar-refractivity contribution is -0.385. The molecule has 2 rings (SSSR count). The van der Waals surface area contributed by atoms with Crippen LogP contribution in [0, 0.1) is 0 Å². The molecular formula is C27H44O5. The maximum atomic E-state index is 11.3. The van der Waals surface area contributed by atoms with Gasteiger partial charge in [0.1, 0.15) is 12.2 Å². The topological polar surface area (TPSA) is 54.0 Å². The molecule has 0 unspecified atom stereocenters. The smallest absolute Gasteiger partial charge is 0.308 e. The third kappa shape index (κ3) is 11.4. The number of carbonyl (C=O) groups is 1. The number of esters is 1. The van der Waals surface area contributed by atoms with E-state index >= 15 is 0 Å². The van der Waals surface area contributed by atoms with Crippen LogP contribution < -0.4 is 0 Å². The molecule has 0 spiro atoms. The fourth-order valence-electron chi connectivity index (χ4n) is 4.37. The predicted octanol–water partition coefficient (Wildman–Crippen LogP) is 6.78. The van der Waals surface area contributed by atoms with Crippen LogP contribution in [0.25, 0.3) is 0 Å². The Hall–Kier alpha value is -1.43. The molecule has 2 saturated heterocycles. The normalized spacial score (nSPS) is 26.2. The minimum Gasteiger partial charge on any atom is -0.469 e. The van der Waals surface area contributed by atoms with Crippen molar-refractivity contribution < 1.29 is 24.0 Å². The summed E-state index contributed by atoms with van der Waals surface area (Å²) in [6.07, 6.45) is 27.4. The summed E-state index contributed by atoms with van der Waals surface area (Å²) in [6.45, 7) is 3.73. The highest BCUT2D eigenvalue weighted by atomic mass is 17.2. The number of unbranched alkanes of at least 4 members (excludes halogenated alkanes) is 7. The molecule has 32 heavy (non-hydrogen) atoms. The van der Waals surface area contributed by atoms with E-state index < -0.39 is 0 Å². The molecule has 0 aromatic heterocycles. The molecule has 0 radical (unpaired) electrons. The van der Waals surface area contributed by atoms with Gasteiger partial charge in [-0.25, -0.2) is 9.78 Å². The number of ether oxygens (including phenoxy) is 2. The van der Waals surface area contributed by atoms with E-state index in [9.17, 15) is 4.79 Å². The van der Waals surface area contributed by atoms with Crippen LogP contribution in [-0.4, -0.2) is 37.5 Å². The number of allylic oxidation sites excluding steroid dienone is 5. The van der Waals surface area contributed by atoms with Gasteiger partial charge in [0.2, 0.25) is 0 Å². The molecule has 2 fully saturated rings. The summed E-state index contributed by atoms with van der Waals surface area (Å²) in [7, 11) is 1.40. The molecule has 0 aromatic carbocycles. The van der Waals surface area contributed by atoms with Gasteiger partial charge in [0.05, 0.1) is 25.7 Å². The zero-order valence-corrected chi connectivity index (χ0v) is 20.1. The standard InChI is InChI=1S/C27H44O5/c1-3-4-5-6-7-8-9-10-11-12-13-14-15-16-17-23-18-20-25(30-23)26-21-19-24(31-32-26)22-27(28)29-2/h3,6-9,23-26H,1,4-5,10-22H2,2H3/b7-6-,9-8-/t23-,24-,25+,26-/m0/s1. The molecule has 2 aliphatic rings. The molecule has 0 N–H and O–H groups in total. The molecule has 5 nitrogen and oxygen atoms in total. The minimum atomic E-state index is -0.256. The molecule has 0 saturated carbocycles. The van der Waals surface area contributed by atoms with Crippen molar-refractivity contribution in [2.45, 2.75) is 121 Å². The highest BCUT2D eigenvalue weighted by Gasteiger charge is 2.36. The largest absolute Gasteiger partial charge is 0.469 e. The van der Waals surface area contributed by atoms with Crippen LogP contribution in [0.2, 0.25) is 0 Å². The van der Waals surface area contributed by atoms with Gasteiger partial charge in [-0.15, -0.1) is 6.58 Å². The van der Waals surface area contributed by atoms with E-state index in [1.54, 1.807) is 0 Å². The number of rotatable bonds is 16. The highest BCUT2D eigenvalue weighted by molar-refractivity contribution is 5.69. The Bertz CT molecular complexity index is 562. The minimum absolute atomic E-state index is 0.00872. The average molecular weight is 449 g/mol. The van der Waals surface area contributed by atoms with E-state index in [-0.39, 0.29) is 30.7 Å². The Kier molecular flexibility index (Phi) is 14.3. The predicted molar refractivity (Wildman–Crippen MR) is 128 cm³/mol. The van der Waals surface area contributed by atoms with E-state index in [1.807, 2.05) is 6.08 Å². The summed E-state index contributed by atoms with van der Waals surface area (Å²) in [4.78, 5) is 22.3. The van der Waals surface area contributed by atoms with Crippen molar-refractivity contribution in [2.24, 2.45) is 0 Å². The van der Waals surface area contributed by atoms with E-state index in [2.05, 4.69) is 35.6 Å². The second-order valence-corrected chi connectivity index (χ2v) is 9.01. The van der Waals surface area contributed by atoms with Crippen molar-refractivity contribution in [2.75, 3.05) is 7.11 Å². The third-order valence-electron chi connectivity index (χ3n) is 6.33. The van der Waals surface area contributed by atoms with Crippen LogP contribution in [0.4, 0.5) is 0 Å². The van der Waals surface area contributed by atoms with Crippen molar-refractivity contribution in [1.29, 1.82) is 0 Å². The molecule has 5 heteroatoms. The summed E-state index contributed by atoms with van der Waals surface area (Å²) in [5.74, 6) is -0.256. The third-order valence-corrected chi connectivity index (χ3v) is 6.33. The lowest BCUT2D eigenvalue weighted by Crippen LogP contribution is -2.37. The van der Waals surface area contributed by atoms with Gasteiger partial charge in [-0.3, -0.25) is 4.79 Å². The maximum absolute atomic E-state index is 11.3. The molecule has 4 atom stereocenters. The van der Waals surface area contributed by atoms with Gasteiger partial charge >= 0.3 is 5.97 Å². The van der Waals surface area contributed by atoms with Gasteiger partial charge in [0, 0.05) is 0 Å². The number of methoxy groups -OCH3 is 1. The molecule has 0 bridgehead atoms. The van der Waals surface area contributed by atoms with Crippen molar-refractivity contribution in [3.8, 4) is 0 Å². The fourth-order valence-corrected chi connectivity index (χ4v) is 4.37. The lowest BCUT2D eigenvalue weighted by atomic mass is 10.0.